The number of hydrogen-bond acceptors (Lipinski definition) is 4. The average molecular weight is 392 g/mol. The van der Waals surface area contributed by atoms with Gasteiger partial charge in [-0.3, -0.25) is 0 Å². The Kier molecular flexibility index (Phi) is 15.7. The normalized spacial score (nSPS) is 11.2. The van der Waals surface area contributed by atoms with Crippen LogP contribution in [0.5, 0.6) is 0 Å². The van der Waals surface area contributed by atoms with Gasteiger partial charge >= 0.3 is 14.2 Å². The topological polar surface area (TPSA) is 36.9 Å². The van der Waals surface area contributed by atoms with Crippen LogP contribution in [-0.2, 0) is 18.6 Å². The highest BCUT2D eigenvalue weighted by Gasteiger charge is 2.38. The molecular weight excluding hydrogens is 350 g/mol. The lowest BCUT2D eigenvalue weighted by Gasteiger charge is -2.26. The third-order valence-corrected chi connectivity index (χ3v) is 3.62. The van der Waals surface area contributed by atoms with Crippen molar-refractivity contribution in [3.8, 4) is 11.8 Å². The molecule has 0 heterocycles. The van der Waals surface area contributed by atoms with Gasteiger partial charge in [-0.15, -0.1) is 0 Å². The minimum absolute atomic E-state index is 0.00732. The molecule has 0 N–H and O–H groups in total. The van der Waals surface area contributed by atoms with E-state index < -0.39 is 14.2 Å². The summed E-state index contributed by atoms with van der Waals surface area (Å²) in [5, 5.41) is 0.783. The maximum atomic E-state index is 6.06. The van der Waals surface area contributed by atoms with Gasteiger partial charge in [0.1, 0.15) is 0 Å². The largest absolute Gasteiger partial charge is 0.486 e. The van der Waals surface area contributed by atoms with E-state index in [9.17, 15) is 0 Å². The number of unbranched alkanes of at least 4 members (excludes halogenated alkanes) is 4. The van der Waals surface area contributed by atoms with Crippen molar-refractivity contribution in [1.29, 1.82) is 0 Å². The zero-order valence-electron chi connectivity index (χ0n) is 19.7. The molecule has 0 spiro atoms. The van der Waals surface area contributed by atoms with Gasteiger partial charge in [-0.25, -0.2) is 0 Å². The summed E-state index contributed by atoms with van der Waals surface area (Å²) < 4.78 is 24.2. The van der Waals surface area contributed by atoms with E-state index in [2.05, 4.69) is 18.8 Å². The molecule has 0 unspecified atom stereocenters. The Hall–Kier alpha value is -0.730. The average Bonchev–Trinajstić information content (AvgIpc) is 2.54. The van der Waals surface area contributed by atoms with E-state index in [0.717, 1.165) is 18.2 Å². The highest BCUT2D eigenvalue weighted by atomic mass is 16.6. The summed E-state index contributed by atoms with van der Waals surface area (Å²) in [6.07, 6.45) is 7.65. The van der Waals surface area contributed by atoms with Crippen LogP contribution in [0.3, 0.4) is 0 Å². The lowest BCUT2D eigenvalue weighted by molar-refractivity contribution is 0.123. The van der Waals surface area contributed by atoms with Gasteiger partial charge in [-0.05, 0) is 73.3 Å². The van der Waals surface area contributed by atoms with E-state index in [1.54, 1.807) is 0 Å². The van der Waals surface area contributed by atoms with Crippen molar-refractivity contribution < 1.29 is 18.6 Å². The number of allylic oxidation sites excluding steroid dienone is 1. The minimum atomic E-state index is -0.558. The predicted octanol–water partition coefficient (Wildman–Crippen LogP) is 5.64. The molecule has 0 fully saturated rings. The van der Waals surface area contributed by atoms with E-state index in [-0.39, 0.29) is 24.4 Å². The van der Waals surface area contributed by atoms with Crippen molar-refractivity contribution in [3.63, 3.8) is 0 Å². The zero-order valence-corrected chi connectivity index (χ0v) is 19.7. The summed E-state index contributed by atoms with van der Waals surface area (Å²) in [5.74, 6) is 6.43. The maximum Gasteiger partial charge on any atom is 0.486 e. The van der Waals surface area contributed by atoms with Crippen LogP contribution in [0.4, 0.5) is 0 Å². The van der Waals surface area contributed by atoms with Gasteiger partial charge in [0.25, 0.3) is 0 Å². The van der Waals surface area contributed by atoms with Crippen LogP contribution in [0.2, 0.25) is 0 Å². The Bertz CT molecular complexity index is 433. The molecule has 0 bridgehead atoms. The Morgan fingerprint density at radius 1 is 0.714 bits per heavy atom. The molecule has 0 radical (unpaired) electrons. The molecule has 0 aliphatic heterocycles. The predicted molar refractivity (Wildman–Crippen MR) is 121 cm³/mol. The third kappa shape index (κ3) is 14.3. The molecule has 0 aliphatic carbocycles. The summed E-state index contributed by atoms with van der Waals surface area (Å²) in [6, 6.07) is 0. The lowest BCUT2D eigenvalue weighted by atomic mass is 9.56. The molecule has 0 aliphatic rings. The van der Waals surface area contributed by atoms with Gasteiger partial charge in [0.05, 0.1) is 0 Å². The summed E-state index contributed by atoms with van der Waals surface area (Å²) in [6.45, 7) is 18.2. The quantitative estimate of drug-likeness (QED) is 0.218. The van der Waals surface area contributed by atoms with Crippen molar-refractivity contribution in [2.24, 2.45) is 0 Å². The second kappa shape index (κ2) is 16.1. The van der Waals surface area contributed by atoms with Crippen molar-refractivity contribution in [1.82, 2.24) is 0 Å². The van der Waals surface area contributed by atoms with Crippen LogP contribution in [-0.4, -0.2) is 38.7 Å². The second-order valence-corrected chi connectivity index (χ2v) is 8.18. The molecule has 0 atom stereocenters. The second-order valence-electron chi connectivity index (χ2n) is 8.18. The van der Waals surface area contributed by atoms with Crippen molar-refractivity contribution in [2.45, 2.75) is 119 Å². The molecule has 160 valence electrons. The van der Waals surface area contributed by atoms with Gasteiger partial charge in [-0.2, -0.15) is 0 Å². The first-order valence-electron chi connectivity index (χ1n) is 11.0. The molecule has 0 aromatic heterocycles. The Labute approximate surface area is 175 Å². The first-order valence-corrected chi connectivity index (χ1v) is 11.0. The van der Waals surface area contributed by atoms with Crippen LogP contribution < -0.4 is 0 Å². The molecule has 0 saturated carbocycles. The fourth-order valence-electron chi connectivity index (χ4n) is 2.46. The number of rotatable bonds is 14. The standard InChI is InChI=1S/C22H42B2O4/c1-10-11-12-13-14-15-16-17-22(23(25-18(2)3)26-19(4)5)24(27-20(6)7)28-21(8)9/h17-21H,10-14H2,1-9H3. The molecule has 4 nitrogen and oxygen atoms in total. The van der Waals surface area contributed by atoms with Crippen LogP contribution >= 0.6 is 0 Å². The highest BCUT2D eigenvalue weighted by molar-refractivity contribution is 6.78. The Morgan fingerprint density at radius 3 is 1.50 bits per heavy atom. The molecule has 6 heteroatoms. The van der Waals surface area contributed by atoms with Gasteiger partial charge in [0, 0.05) is 30.8 Å². The van der Waals surface area contributed by atoms with Gasteiger partial charge in [-0.1, -0.05) is 38.0 Å². The van der Waals surface area contributed by atoms with Crippen LogP contribution in [0, 0.1) is 11.8 Å². The van der Waals surface area contributed by atoms with E-state index in [1.165, 1.54) is 19.3 Å². The van der Waals surface area contributed by atoms with Crippen molar-refractivity contribution in [2.75, 3.05) is 0 Å². The number of hydrogen-bond donors (Lipinski definition) is 0. The molecule has 0 aromatic carbocycles. The monoisotopic (exact) mass is 392 g/mol. The summed E-state index contributed by atoms with van der Waals surface area (Å²) >= 11 is 0. The summed E-state index contributed by atoms with van der Waals surface area (Å²) in [7, 11) is -1.12. The SMILES string of the molecule is CCCCCCC#CC=C(B(OC(C)C)OC(C)C)B(OC(C)C)OC(C)C. The van der Waals surface area contributed by atoms with E-state index in [0.29, 0.717) is 0 Å². The van der Waals surface area contributed by atoms with Gasteiger partial charge < -0.3 is 18.6 Å². The molecule has 28 heavy (non-hydrogen) atoms. The molecule has 0 saturated heterocycles. The maximum absolute atomic E-state index is 6.06. The van der Waals surface area contributed by atoms with E-state index in [4.69, 9.17) is 18.6 Å². The van der Waals surface area contributed by atoms with Crippen LogP contribution in [0.15, 0.2) is 11.4 Å². The van der Waals surface area contributed by atoms with E-state index in [1.807, 2.05) is 61.5 Å². The fraction of sp³-hybridized carbons (Fsp3) is 0.818. The van der Waals surface area contributed by atoms with Gasteiger partial charge in [0.2, 0.25) is 0 Å². The highest BCUT2D eigenvalue weighted by Crippen LogP contribution is 2.17. The van der Waals surface area contributed by atoms with E-state index >= 15 is 0 Å². The van der Waals surface area contributed by atoms with Crippen LogP contribution in [0.25, 0.3) is 0 Å². The lowest BCUT2D eigenvalue weighted by Crippen LogP contribution is -2.43. The summed E-state index contributed by atoms with van der Waals surface area (Å²) in [5.41, 5.74) is 0. The minimum Gasteiger partial charge on any atom is -0.406 e. The molecule has 0 aromatic rings. The van der Waals surface area contributed by atoms with Crippen LogP contribution in [0.1, 0.15) is 94.4 Å². The summed E-state index contributed by atoms with van der Waals surface area (Å²) in [4.78, 5) is 0. The molecular formula is C22H42B2O4. The smallest absolute Gasteiger partial charge is 0.406 e. The Balaban J connectivity index is 5.60. The zero-order chi connectivity index (χ0) is 21.5. The Morgan fingerprint density at radius 2 is 1.14 bits per heavy atom. The fourth-order valence-corrected chi connectivity index (χ4v) is 2.46. The molecule has 0 rings (SSSR count). The first kappa shape index (κ1) is 27.3. The first-order chi connectivity index (χ1) is 13.2. The molecule has 0 amide bonds. The van der Waals surface area contributed by atoms with Crippen molar-refractivity contribution in [3.05, 3.63) is 11.4 Å². The third-order valence-electron chi connectivity index (χ3n) is 3.62. The van der Waals surface area contributed by atoms with Crippen molar-refractivity contribution >= 4 is 14.2 Å². The van der Waals surface area contributed by atoms with Gasteiger partial charge in [0.15, 0.2) is 0 Å².